The number of rotatable bonds is 2. The molecule has 0 aromatic carbocycles. The van der Waals surface area contributed by atoms with Crippen LogP contribution in [0.4, 0.5) is 18.9 Å². The molecule has 1 aromatic heterocycles. The molecular weight excluding hydrogens is 223 g/mol. The molecule has 4 nitrogen and oxygen atoms in total. The molecule has 16 heavy (non-hydrogen) atoms. The van der Waals surface area contributed by atoms with Crippen molar-refractivity contribution in [1.82, 2.24) is 9.88 Å². The number of aromatic nitrogens is 1. The molecule has 1 heterocycles. The quantitative estimate of drug-likeness (QED) is 0.837. The number of amides is 1. The summed E-state index contributed by atoms with van der Waals surface area (Å²) in [4.78, 5) is 15.7. The van der Waals surface area contributed by atoms with Crippen molar-refractivity contribution in [1.29, 1.82) is 0 Å². The van der Waals surface area contributed by atoms with Crippen LogP contribution in [0.15, 0.2) is 18.5 Å². The minimum atomic E-state index is -4.43. The predicted octanol–water partition coefficient (Wildman–Crippen LogP) is 1.30. The molecule has 88 valence electrons. The van der Waals surface area contributed by atoms with Crippen molar-refractivity contribution in [3.05, 3.63) is 24.0 Å². The Morgan fingerprint density at radius 2 is 2.19 bits per heavy atom. The standard InChI is InChI=1S/C9H10F3N3O/c1-15(5-9(10,11)12)8(16)6-4-14-3-2-7(6)13/h2-4H,5H2,1H3,(H2,13,14). The summed E-state index contributed by atoms with van der Waals surface area (Å²) in [7, 11) is 1.06. The second-order valence-electron chi connectivity index (χ2n) is 3.24. The first-order valence-electron chi connectivity index (χ1n) is 4.33. The lowest BCUT2D eigenvalue weighted by Crippen LogP contribution is -2.36. The minimum absolute atomic E-state index is 0.0331. The third-order valence-electron chi connectivity index (χ3n) is 1.85. The highest BCUT2D eigenvalue weighted by molar-refractivity contribution is 5.98. The Balaban J connectivity index is 2.83. The van der Waals surface area contributed by atoms with Crippen LogP contribution in [0.25, 0.3) is 0 Å². The van der Waals surface area contributed by atoms with Crippen molar-refractivity contribution in [2.45, 2.75) is 6.18 Å². The Morgan fingerprint density at radius 1 is 1.56 bits per heavy atom. The summed E-state index contributed by atoms with van der Waals surface area (Å²) in [5.74, 6) is -0.803. The molecule has 0 saturated heterocycles. The van der Waals surface area contributed by atoms with Gasteiger partial charge in [-0.15, -0.1) is 0 Å². The fraction of sp³-hybridized carbons (Fsp3) is 0.333. The zero-order valence-electron chi connectivity index (χ0n) is 8.45. The van der Waals surface area contributed by atoms with E-state index in [-0.39, 0.29) is 11.3 Å². The molecule has 0 radical (unpaired) electrons. The molecule has 0 aliphatic heterocycles. The number of nitrogens with zero attached hydrogens (tertiary/aromatic N) is 2. The molecule has 0 saturated carbocycles. The van der Waals surface area contributed by atoms with Crippen LogP contribution in [0.5, 0.6) is 0 Å². The van der Waals surface area contributed by atoms with Crippen molar-refractivity contribution in [3.8, 4) is 0 Å². The lowest BCUT2D eigenvalue weighted by Gasteiger charge is -2.19. The lowest BCUT2D eigenvalue weighted by molar-refractivity contribution is -0.138. The van der Waals surface area contributed by atoms with Crippen LogP contribution in [0, 0.1) is 0 Å². The van der Waals surface area contributed by atoms with Crippen molar-refractivity contribution < 1.29 is 18.0 Å². The highest BCUT2D eigenvalue weighted by Crippen LogP contribution is 2.18. The summed E-state index contributed by atoms with van der Waals surface area (Å²) in [5, 5.41) is 0. The monoisotopic (exact) mass is 233 g/mol. The molecule has 0 aliphatic rings. The number of nitrogens with two attached hydrogens (primary N) is 1. The zero-order chi connectivity index (χ0) is 12.3. The number of carbonyl (C=O) groups is 1. The van der Waals surface area contributed by atoms with E-state index in [1.807, 2.05) is 0 Å². The molecular formula is C9H10F3N3O. The summed E-state index contributed by atoms with van der Waals surface area (Å²) >= 11 is 0. The van der Waals surface area contributed by atoms with E-state index in [1.165, 1.54) is 12.3 Å². The summed E-state index contributed by atoms with van der Waals surface area (Å²) in [6, 6.07) is 1.36. The fourth-order valence-corrected chi connectivity index (χ4v) is 1.13. The highest BCUT2D eigenvalue weighted by Gasteiger charge is 2.31. The van der Waals surface area contributed by atoms with Crippen molar-refractivity contribution in [3.63, 3.8) is 0 Å². The summed E-state index contributed by atoms with van der Waals surface area (Å²) in [6.45, 7) is -1.32. The Hall–Kier alpha value is -1.79. The number of carbonyl (C=O) groups excluding carboxylic acids is 1. The first-order valence-corrected chi connectivity index (χ1v) is 4.33. The van der Waals surface area contributed by atoms with Gasteiger partial charge in [-0.25, -0.2) is 0 Å². The van der Waals surface area contributed by atoms with Gasteiger partial charge >= 0.3 is 6.18 Å². The molecule has 1 rings (SSSR count). The van der Waals surface area contributed by atoms with Gasteiger partial charge < -0.3 is 10.6 Å². The molecule has 1 aromatic rings. The molecule has 7 heteroatoms. The number of hydrogen-bond donors (Lipinski definition) is 1. The van der Waals surface area contributed by atoms with Crippen LogP contribution >= 0.6 is 0 Å². The SMILES string of the molecule is CN(CC(F)(F)F)C(=O)c1cnccc1N. The third-order valence-corrected chi connectivity index (χ3v) is 1.85. The maximum absolute atomic E-state index is 12.0. The van der Waals surface area contributed by atoms with Gasteiger partial charge in [0.2, 0.25) is 0 Å². The Labute approximate surface area is 89.9 Å². The summed E-state index contributed by atoms with van der Waals surface area (Å²) in [6.07, 6.45) is -1.93. The Morgan fingerprint density at radius 3 is 2.69 bits per heavy atom. The predicted molar refractivity (Wildman–Crippen MR) is 51.7 cm³/mol. The van der Waals surface area contributed by atoms with Gasteiger partial charge in [0.25, 0.3) is 5.91 Å². The minimum Gasteiger partial charge on any atom is -0.398 e. The molecule has 0 bridgehead atoms. The van der Waals surface area contributed by atoms with Gasteiger partial charge in [-0.2, -0.15) is 13.2 Å². The molecule has 0 fully saturated rings. The number of halogens is 3. The summed E-state index contributed by atoms with van der Waals surface area (Å²) in [5.41, 5.74) is 5.53. The molecule has 1 amide bonds. The van der Waals surface area contributed by atoms with Gasteiger partial charge in [0.1, 0.15) is 6.54 Å². The van der Waals surface area contributed by atoms with Crippen LogP contribution in [-0.4, -0.2) is 35.6 Å². The van der Waals surface area contributed by atoms with E-state index in [9.17, 15) is 18.0 Å². The van der Waals surface area contributed by atoms with E-state index in [0.717, 1.165) is 13.2 Å². The normalized spacial score (nSPS) is 11.2. The average molecular weight is 233 g/mol. The van der Waals surface area contributed by atoms with Crippen molar-refractivity contribution >= 4 is 11.6 Å². The van der Waals surface area contributed by atoms with Gasteiger partial charge in [-0.05, 0) is 6.07 Å². The molecule has 0 aliphatic carbocycles. The summed E-state index contributed by atoms with van der Waals surface area (Å²) < 4.78 is 36.1. The van der Waals surface area contributed by atoms with E-state index in [2.05, 4.69) is 4.98 Å². The van der Waals surface area contributed by atoms with Crippen molar-refractivity contribution in [2.24, 2.45) is 0 Å². The van der Waals surface area contributed by atoms with Crippen molar-refractivity contribution in [2.75, 3.05) is 19.3 Å². The first kappa shape index (κ1) is 12.3. The van der Waals surface area contributed by atoms with E-state index in [4.69, 9.17) is 5.73 Å². The van der Waals surface area contributed by atoms with Crippen LogP contribution in [0.1, 0.15) is 10.4 Å². The van der Waals surface area contributed by atoms with E-state index >= 15 is 0 Å². The van der Waals surface area contributed by atoms with Crippen LogP contribution < -0.4 is 5.73 Å². The van der Waals surface area contributed by atoms with Crippen LogP contribution in [0.2, 0.25) is 0 Å². The molecule has 0 atom stereocenters. The maximum atomic E-state index is 12.0. The lowest BCUT2D eigenvalue weighted by atomic mass is 10.2. The second kappa shape index (κ2) is 4.38. The Kier molecular flexibility index (Phi) is 3.36. The largest absolute Gasteiger partial charge is 0.406 e. The molecule has 0 spiro atoms. The Bertz CT molecular complexity index is 392. The molecule has 0 unspecified atom stereocenters. The zero-order valence-corrected chi connectivity index (χ0v) is 8.45. The number of hydrogen-bond acceptors (Lipinski definition) is 3. The number of alkyl halides is 3. The van der Waals surface area contributed by atoms with E-state index in [0.29, 0.717) is 4.90 Å². The van der Waals surface area contributed by atoms with Gasteiger partial charge in [-0.3, -0.25) is 9.78 Å². The van der Waals surface area contributed by atoms with Crippen LogP contribution in [-0.2, 0) is 0 Å². The average Bonchev–Trinajstić information content (AvgIpc) is 2.15. The van der Waals surface area contributed by atoms with Gasteiger partial charge in [-0.1, -0.05) is 0 Å². The fourth-order valence-electron chi connectivity index (χ4n) is 1.13. The maximum Gasteiger partial charge on any atom is 0.406 e. The van der Waals surface area contributed by atoms with E-state index < -0.39 is 18.6 Å². The number of anilines is 1. The topological polar surface area (TPSA) is 59.2 Å². The smallest absolute Gasteiger partial charge is 0.398 e. The van der Waals surface area contributed by atoms with Gasteiger partial charge in [0.05, 0.1) is 5.56 Å². The number of pyridine rings is 1. The first-order chi connectivity index (χ1) is 7.31. The highest BCUT2D eigenvalue weighted by atomic mass is 19.4. The second-order valence-corrected chi connectivity index (χ2v) is 3.24. The third kappa shape index (κ3) is 3.11. The van der Waals surface area contributed by atoms with E-state index in [1.54, 1.807) is 0 Å². The van der Waals surface area contributed by atoms with Gasteiger partial charge in [0.15, 0.2) is 0 Å². The molecule has 2 N–H and O–H groups in total. The number of nitrogen functional groups attached to an aromatic ring is 1. The van der Waals surface area contributed by atoms with Gasteiger partial charge in [0, 0.05) is 25.1 Å². The van der Waals surface area contributed by atoms with Crippen LogP contribution in [0.3, 0.4) is 0 Å².